The first-order valence-corrected chi connectivity index (χ1v) is 8.17. The van der Waals surface area contributed by atoms with Gasteiger partial charge in [0.25, 0.3) is 0 Å². The number of rotatable bonds is 5. The van der Waals surface area contributed by atoms with Crippen LogP contribution < -0.4 is 10.1 Å². The Hall–Kier alpha value is -1.05. The van der Waals surface area contributed by atoms with Crippen LogP contribution in [0.1, 0.15) is 5.56 Å². The Morgan fingerprint density at radius 1 is 1.09 bits per heavy atom. The first-order chi connectivity index (χ1) is 10.5. The predicted molar refractivity (Wildman–Crippen MR) is 97.3 cm³/mol. The molecule has 2 aromatic carbocycles. The van der Waals surface area contributed by atoms with E-state index in [0.29, 0.717) is 27.4 Å². The molecule has 0 spiro atoms. The Bertz CT molecular complexity index is 705. The number of terminal acetylenes is 1. The Labute approximate surface area is 152 Å². The molecule has 0 amide bonds. The average Bonchev–Trinajstić information content (AvgIpc) is 2.48. The minimum atomic E-state index is 0.119. The number of nitrogens with one attached hydrogen (secondary N) is 1. The van der Waals surface area contributed by atoms with E-state index in [1.165, 1.54) is 0 Å². The summed E-state index contributed by atoms with van der Waals surface area (Å²) in [7, 11) is 0. The van der Waals surface area contributed by atoms with E-state index in [0.717, 1.165) is 15.7 Å². The topological polar surface area (TPSA) is 21.3 Å². The molecule has 0 saturated carbocycles. The summed E-state index contributed by atoms with van der Waals surface area (Å²) in [5.74, 6) is 2.77. The fraction of sp³-hybridized carbons (Fsp3) is 0.125. The Morgan fingerprint density at radius 3 is 2.36 bits per heavy atom. The zero-order valence-corrected chi connectivity index (χ0v) is 15.2. The van der Waals surface area contributed by atoms with Gasteiger partial charge in [-0.1, -0.05) is 40.7 Å². The van der Waals surface area contributed by atoms with Crippen LogP contribution in [0, 0.1) is 12.3 Å². The largest absolute Gasteiger partial charge is 0.478 e. The van der Waals surface area contributed by atoms with Gasteiger partial charge in [-0.2, -0.15) is 0 Å². The molecule has 2 nitrogen and oxygen atoms in total. The van der Waals surface area contributed by atoms with Gasteiger partial charge in [0.15, 0.2) is 5.75 Å². The highest BCUT2D eigenvalue weighted by molar-refractivity contribution is 9.10. The van der Waals surface area contributed by atoms with Crippen molar-refractivity contribution >= 4 is 56.4 Å². The molecule has 0 aromatic heterocycles. The number of benzene rings is 2. The van der Waals surface area contributed by atoms with Crippen molar-refractivity contribution in [2.24, 2.45) is 0 Å². The van der Waals surface area contributed by atoms with Gasteiger partial charge < -0.3 is 10.1 Å². The van der Waals surface area contributed by atoms with Crippen molar-refractivity contribution in [3.05, 3.63) is 55.4 Å². The standard InChI is InChI=1S/C16H11BrCl3NO/c1-2-5-22-16-14(19)6-10(7-15(16)20)9-21-11-3-4-12(17)13(18)8-11/h1,3-4,6-8,21H,5,9H2. The van der Waals surface area contributed by atoms with E-state index in [1.807, 2.05) is 18.2 Å². The summed E-state index contributed by atoms with van der Waals surface area (Å²) >= 11 is 21.7. The lowest BCUT2D eigenvalue weighted by molar-refractivity contribution is 0.371. The van der Waals surface area contributed by atoms with E-state index < -0.39 is 0 Å². The van der Waals surface area contributed by atoms with Crippen molar-refractivity contribution in [1.29, 1.82) is 0 Å². The molecule has 0 aliphatic heterocycles. The van der Waals surface area contributed by atoms with Crippen LogP contribution in [-0.2, 0) is 6.54 Å². The third-order valence-corrected chi connectivity index (χ3v) is 4.57. The molecule has 0 bridgehead atoms. The van der Waals surface area contributed by atoms with Gasteiger partial charge in [-0.3, -0.25) is 0 Å². The van der Waals surface area contributed by atoms with Crippen LogP contribution in [0.4, 0.5) is 5.69 Å². The van der Waals surface area contributed by atoms with Crippen LogP contribution in [0.5, 0.6) is 5.75 Å². The molecule has 0 aliphatic carbocycles. The van der Waals surface area contributed by atoms with Gasteiger partial charge in [0.05, 0.1) is 15.1 Å². The fourth-order valence-corrected chi connectivity index (χ4v) is 2.84. The van der Waals surface area contributed by atoms with E-state index in [4.69, 9.17) is 46.0 Å². The van der Waals surface area contributed by atoms with Crippen LogP contribution in [-0.4, -0.2) is 6.61 Å². The molecule has 0 radical (unpaired) electrons. The van der Waals surface area contributed by atoms with Gasteiger partial charge in [0, 0.05) is 16.7 Å². The SMILES string of the molecule is C#CCOc1c(Cl)cc(CNc2ccc(Br)c(Cl)c2)cc1Cl. The number of anilines is 1. The summed E-state index contributed by atoms with van der Waals surface area (Å²) < 4.78 is 6.17. The number of hydrogen-bond donors (Lipinski definition) is 1. The summed E-state index contributed by atoms with van der Waals surface area (Å²) in [5.41, 5.74) is 1.82. The highest BCUT2D eigenvalue weighted by Gasteiger charge is 2.09. The van der Waals surface area contributed by atoms with E-state index in [1.54, 1.807) is 12.1 Å². The van der Waals surface area contributed by atoms with E-state index >= 15 is 0 Å². The summed E-state index contributed by atoms with van der Waals surface area (Å²) in [6, 6.07) is 9.20. The Kier molecular flexibility index (Phi) is 6.28. The zero-order valence-electron chi connectivity index (χ0n) is 11.3. The van der Waals surface area contributed by atoms with Crippen molar-refractivity contribution in [2.45, 2.75) is 6.54 Å². The molecule has 2 aromatic rings. The minimum Gasteiger partial charge on any atom is -0.478 e. The second-order valence-corrected chi connectivity index (χ2v) is 6.44. The normalized spacial score (nSPS) is 10.1. The van der Waals surface area contributed by atoms with E-state index in [2.05, 4.69) is 27.2 Å². The second-order valence-electron chi connectivity index (χ2n) is 4.36. The molecule has 2 rings (SSSR count). The molecule has 0 atom stereocenters. The van der Waals surface area contributed by atoms with E-state index in [9.17, 15) is 0 Å². The number of hydrogen-bond acceptors (Lipinski definition) is 2. The second kappa shape index (κ2) is 7.99. The van der Waals surface area contributed by atoms with Crippen LogP contribution in [0.3, 0.4) is 0 Å². The lowest BCUT2D eigenvalue weighted by atomic mass is 10.2. The summed E-state index contributed by atoms with van der Waals surface area (Å²) in [4.78, 5) is 0. The smallest absolute Gasteiger partial charge is 0.157 e. The van der Waals surface area contributed by atoms with Gasteiger partial charge in [-0.15, -0.1) is 6.42 Å². The van der Waals surface area contributed by atoms with E-state index in [-0.39, 0.29) is 6.61 Å². The maximum Gasteiger partial charge on any atom is 0.157 e. The maximum atomic E-state index is 6.17. The Morgan fingerprint density at radius 2 is 1.77 bits per heavy atom. The molecule has 0 aliphatic rings. The molecule has 22 heavy (non-hydrogen) atoms. The third-order valence-electron chi connectivity index (χ3n) is 2.77. The molecule has 6 heteroatoms. The zero-order chi connectivity index (χ0) is 16.1. The molecule has 0 fully saturated rings. The van der Waals surface area contributed by atoms with Crippen LogP contribution in [0.2, 0.25) is 15.1 Å². The summed E-state index contributed by atoms with van der Waals surface area (Å²) in [6.45, 7) is 0.668. The number of halogens is 4. The summed E-state index contributed by atoms with van der Waals surface area (Å²) in [5, 5.41) is 4.74. The van der Waals surface area contributed by atoms with Crippen molar-refractivity contribution in [2.75, 3.05) is 11.9 Å². The molecular formula is C16H11BrCl3NO. The van der Waals surface area contributed by atoms with Crippen molar-refractivity contribution in [3.8, 4) is 18.1 Å². The van der Waals surface area contributed by atoms with Gasteiger partial charge >= 0.3 is 0 Å². The van der Waals surface area contributed by atoms with Crippen molar-refractivity contribution < 1.29 is 4.74 Å². The van der Waals surface area contributed by atoms with Crippen molar-refractivity contribution in [3.63, 3.8) is 0 Å². The van der Waals surface area contributed by atoms with Crippen molar-refractivity contribution in [1.82, 2.24) is 0 Å². The van der Waals surface area contributed by atoms with Crippen LogP contribution >= 0.6 is 50.7 Å². The van der Waals surface area contributed by atoms with Crippen LogP contribution in [0.25, 0.3) is 0 Å². The maximum absolute atomic E-state index is 6.17. The molecular weight excluding hydrogens is 408 g/mol. The Balaban J connectivity index is 2.10. The highest BCUT2D eigenvalue weighted by Crippen LogP contribution is 2.34. The number of ether oxygens (including phenoxy) is 1. The quantitative estimate of drug-likeness (QED) is 0.597. The monoisotopic (exact) mass is 417 g/mol. The molecule has 0 saturated heterocycles. The van der Waals surface area contributed by atoms with Gasteiger partial charge in [0.2, 0.25) is 0 Å². The lowest BCUT2D eigenvalue weighted by Gasteiger charge is -2.12. The third kappa shape index (κ3) is 4.47. The fourth-order valence-electron chi connectivity index (χ4n) is 1.78. The first kappa shape index (κ1) is 17.3. The lowest BCUT2D eigenvalue weighted by Crippen LogP contribution is -2.01. The average molecular weight is 420 g/mol. The first-order valence-electron chi connectivity index (χ1n) is 6.24. The predicted octanol–water partition coefficient (Wildman–Crippen LogP) is 6.03. The van der Waals surface area contributed by atoms with Gasteiger partial charge in [-0.05, 0) is 51.8 Å². The van der Waals surface area contributed by atoms with Crippen LogP contribution in [0.15, 0.2) is 34.8 Å². The van der Waals surface area contributed by atoms with Gasteiger partial charge in [0.1, 0.15) is 6.61 Å². The molecule has 114 valence electrons. The molecule has 0 heterocycles. The molecule has 0 unspecified atom stereocenters. The van der Waals surface area contributed by atoms with Gasteiger partial charge in [-0.25, -0.2) is 0 Å². The molecule has 1 N–H and O–H groups in total. The minimum absolute atomic E-state index is 0.119. The highest BCUT2D eigenvalue weighted by atomic mass is 79.9. The summed E-state index contributed by atoms with van der Waals surface area (Å²) in [6.07, 6.45) is 5.16.